The number of nitrogens with zero attached hydrogens (tertiary/aromatic N) is 1. The fourth-order valence-electron chi connectivity index (χ4n) is 0.976. The Kier molecular flexibility index (Phi) is 6.45. The summed E-state index contributed by atoms with van der Waals surface area (Å²) in [5, 5.41) is 0. The van der Waals surface area contributed by atoms with E-state index >= 15 is 0 Å². The van der Waals surface area contributed by atoms with Crippen LogP contribution in [0.1, 0.15) is 34.1 Å². The Morgan fingerprint density at radius 2 is 2.00 bits per heavy atom. The highest BCUT2D eigenvalue weighted by molar-refractivity contribution is 7.75. The van der Waals surface area contributed by atoms with Crippen molar-refractivity contribution in [1.82, 2.24) is 0 Å². The van der Waals surface area contributed by atoms with Gasteiger partial charge in [-0.05, 0) is 26.2 Å². The summed E-state index contributed by atoms with van der Waals surface area (Å²) in [4.78, 5) is 10.5. The van der Waals surface area contributed by atoms with Crippen LogP contribution >= 0.6 is 0 Å². The van der Waals surface area contributed by atoms with E-state index in [0.717, 1.165) is 6.42 Å². The molecule has 0 saturated heterocycles. The predicted octanol–water partition coefficient (Wildman–Crippen LogP) is 2.19. The van der Waals surface area contributed by atoms with Crippen molar-refractivity contribution in [3.05, 3.63) is 11.6 Å². The first-order valence-corrected chi connectivity index (χ1v) is 6.11. The van der Waals surface area contributed by atoms with Gasteiger partial charge in [-0.3, -0.25) is 9.00 Å². The Balaban J connectivity index is 4.07. The molecule has 0 fully saturated rings. The average molecular weight is 217 g/mol. The SMILES string of the molecule is CC(=O)N=[SH](=O)C[C@@H](C)CC=C(C)C. The van der Waals surface area contributed by atoms with Crippen molar-refractivity contribution in [2.45, 2.75) is 34.1 Å². The summed E-state index contributed by atoms with van der Waals surface area (Å²) in [5.74, 6) is 0.468. The second kappa shape index (κ2) is 6.76. The molecule has 0 saturated carbocycles. The average Bonchev–Trinajstić information content (AvgIpc) is 1.98. The molecular formula is C10H19NO2S. The number of rotatable bonds is 4. The van der Waals surface area contributed by atoms with E-state index in [1.807, 2.05) is 20.8 Å². The van der Waals surface area contributed by atoms with Crippen LogP contribution in [-0.2, 0) is 15.4 Å². The van der Waals surface area contributed by atoms with Gasteiger partial charge in [-0.15, -0.1) is 0 Å². The molecule has 0 bridgehead atoms. The van der Waals surface area contributed by atoms with E-state index in [4.69, 9.17) is 0 Å². The molecule has 1 amide bonds. The Morgan fingerprint density at radius 1 is 1.43 bits per heavy atom. The fraction of sp³-hybridized carbons (Fsp3) is 0.700. The number of thiol groups is 1. The van der Waals surface area contributed by atoms with E-state index < -0.39 is 10.6 Å². The van der Waals surface area contributed by atoms with Crippen molar-refractivity contribution < 1.29 is 9.00 Å². The van der Waals surface area contributed by atoms with Crippen molar-refractivity contribution in [2.75, 3.05) is 5.75 Å². The maximum absolute atomic E-state index is 11.2. The minimum atomic E-state index is -1.69. The van der Waals surface area contributed by atoms with Crippen LogP contribution < -0.4 is 0 Å². The minimum absolute atomic E-state index is 0.316. The van der Waals surface area contributed by atoms with Gasteiger partial charge in [-0.25, -0.2) is 0 Å². The first-order valence-electron chi connectivity index (χ1n) is 4.72. The second-order valence-corrected chi connectivity index (χ2v) is 5.05. The molecule has 2 atom stereocenters. The molecule has 3 nitrogen and oxygen atoms in total. The van der Waals surface area contributed by atoms with Gasteiger partial charge in [0.1, 0.15) is 0 Å². The van der Waals surface area contributed by atoms with Gasteiger partial charge in [-0.2, -0.15) is 4.36 Å². The molecule has 0 aliphatic carbocycles. The molecule has 1 unspecified atom stereocenters. The Hall–Kier alpha value is -0.640. The highest BCUT2D eigenvalue weighted by atomic mass is 32.2. The van der Waals surface area contributed by atoms with Crippen LogP contribution in [0.25, 0.3) is 0 Å². The molecule has 0 rings (SSSR count). The molecule has 0 aromatic carbocycles. The molecule has 0 radical (unpaired) electrons. The zero-order valence-electron chi connectivity index (χ0n) is 9.28. The number of carbonyl (C=O) groups is 1. The van der Waals surface area contributed by atoms with Crippen molar-refractivity contribution in [3.63, 3.8) is 0 Å². The monoisotopic (exact) mass is 217 g/mol. The largest absolute Gasteiger partial charge is 0.272 e. The number of allylic oxidation sites excluding steroid dienone is 2. The standard InChI is InChI=1S/C10H19NO2S/c1-8(2)5-6-9(3)7-14(13)11-10(4)12/h5,9,14H,6-7H2,1-4H3/t9-/m0/s1. The molecule has 0 aromatic heterocycles. The smallest absolute Gasteiger partial charge is 0.250 e. The van der Waals surface area contributed by atoms with Gasteiger partial charge in [0.15, 0.2) is 0 Å². The van der Waals surface area contributed by atoms with Gasteiger partial charge < -0.3 is 0 Å². The van der Waals surface area contributed by atoms with E-state index in [2.05, 4.69) is 10.4 Å². The van der Waals surface area contributed by atoms with Crippen molar-refractivity contribution in [2.24, 2.45) is 10.3 Å². The maximum atomic E-state index is 11.2. The van der Waals surface area contributed by atoms with E-state index in [0.29, 0.717) is 11.7 Å². The van der Waals surface area contributed by atoms with Crippen molar-refractivity contribution in [1.29, 1.82) is 0 Å². The summed E-state index contributed by atoms with van der Waals surface area (Å²) in [5.41, 5.74) is 1.26. The van der Waals surface area contributed by atoms with E-state index in [9.17, 15) is 9.00 Å². The lowest BCUT2D eigenvalue weighted by molar-refractivity contribution is -0.115. The minimum Gasteiger partial charge on any atom is -0.272 e. The lowest BCUT2D eigenvalue weighted by Gasteiger charge is -2.04. The molecule has 0 aliphatic heterocycles. The maximum Gasteiger partial charge on any atom is 0.250 e. The molecule has 0 heterocycles. The highest BCUT2D eigenvalue weighted by Gasteiger charge is 2.00. The molecule has 0 N–H and O–H groups in total. The summed E-state index contributed by atoms with van der Waals surface area (Å²) in [6.07, 6.45) is 3.01. The Bertz CT molecular complexity index is 297. The van der Waals surface area contributed by atoms with Crippen LogP contribution in [0.4, 0.5) is 0 Å². The number of amides is 1. The third-order valence-electron chi connectivity index (χ3n) is 1.65. The van der Waals surface area contributed by atoms with Crippen molar-refractivity contribution in [3.8, 4) is 0 Å². The summed E-state index contributed by atoms with van der Waals surface area (Å²) in [6.45, 7) is 7.41. The zero-order valence-corrected chi connectivity index (χ0v) is 10.2. The number of hydrogen-bond donors (Lipinski definition) is 1. The van der Waals surface area contributed by atoms with Crippen LogP contribution in [0.5, 0.6) is 0 Å². The van der Waals surface area contributed by atoms with E-state index in [1.165, 1.54) is 12.5 Å². The number of hydrogen-bond acceptors (Lipinski definition) is 2. The number of carbonyl (C=O) groups excluding carboxylic acids is 1. The third-order valence-corrected chi connectivity index (χ3v) is 3.09. The lowest BCUT2D eigenvalue weighted by atomic mass is 10.1. The van der Waals surface area contributed by atoms with Crippen molar-refractivity contribution >= 4 is 16.5 Å². The van der Waals surface area contributed by atoms with E-state index in [-0.39, 0.29) is 5.91 Å². The summed E-state index contributed by atoms with van der Waals surface area (Å²) >= 11 is 0. The summed E-state index contributed by atoms with van der Waals surface area (Å²) in [7, 11) is -1.69. The van der Waals surface area contributed by atoms with Gasteiger partial charge in [-0.1, -0.05) is 18.6 Å². The predicted molar refractivity (Wildman–Crippen MR) is 60.7 cm³/mol. The quantitative estimate of drug-likeness (QED) is 0.579. The Morgan fingerprint density at radius 3 is 2.43 bits per heavy atom. The summed E-state index contributed by atoms with van der Waals surface area (Å²) < 4.78 is 14.7. The van der Waals surface area contributed by atoms with Gasteiger partial charge in [0.2, 0.25) is 5.91 Å². The summed E-state index contributed by atoms with van der Waals surface area (Å²) in [6, 6.07) is 0. The second-order valence-electron chi connectivity index (χ2n) is 3.78. The highest BCUT2D eigenvalue weighted by Crippen LogP contribution is 2.06. The first-order chi connectivity index (χ1) is 6.41. The van der Waals surface area contributed by atoms with Crippen LogP contribution in [0.3, 0.4) is 0 Å². The molecule has 4 heteroatoms. The van der Waals surface area contributed by atoms with Crippen LogP contribution in [-0.4, -0.2) is 15.9 Å². The molecule has 82 valence electrons. The van der Waals surface area contributed by atoms with E-state index in [1.54, 1.807) is 0 Å². The molecule has 14 heavy (non-hydrogen) atoms. The fourth-order valence-corrected chi connectivity index (χ4v) is 2.05. The van der Waals surface area contributed by atoms with Gasteiger partial charge in [0.05, 0.1) is 0 Å². The molecule has 0 aliphatic rings. The van der Waals surface area contributed by atoms with Crippen LogP contribution in [0.15, 0.2) is 16.0 Å². The topological polar surface area (TPSA) is 46.5 Å². The molecular weight excluding hydrogens is 198 g/mol. The zero-order chi connectivity index (χ0) is 11.1. The van der Waals surface area contributed by atoms with Gasteiger partial charge in [0.25, 0.3) is 0 Å². The third kappa shape index (κ3) is 7.98. The Labute approximate surface area is 87.8 Å². The normalized spacial score (nSPS) is 14.9. The van der Waals surface area contributed by atoms with Crippen LogP contribution in [0, 0.1) is 5.92 Å². The van der Waals surface area contributed by atoms with Gasteiger partial charge >= 0.3 is 0 Å². The van der Waals surface area contributed by atoms with Crippen LogP contribution in [0.2, 0.25) is 0 Å². The first kappa shape index (κ1) is 13.4. The lowest BCUT2D eigenvalue weighted by Crippen LogP contribution is -2.02. The molecule has 0 spiro atoms. The molecule has 0 aromatic rings. The van der Waals surface area contributed by atoms with Gasteiger partial charge in [0, 0.05) is 23.3 Å².